The van der Waals surface area contributed by atoms with E-state index >= 15 is 0 Å². The molecule has 0 spiro atoms. The Morgan fingerprint density at radius 2 is 1.71 bits per heavy atom. The van der Waals surface area contributed by atoms with Gasteiger partial charge in [-0.1, -0.05) is 30.3 Å². The molecule has 2 saturated carbocycles. The summed E-state index contributed by atoms with van der Waals surface area (Å²) in [6, 6.07) is 15.3. The smallest absolute Gasteiger partial charge is 0.119 e. The van der Waals surface area contributed by atoms with Gasteiger partial charge in [-0.3, -0.25) is 0 Å². The highest BCUT2D eigenvalue weighted by atomic mass is 16.5. The van der Waals surface area contributed by atoms with E-state index in [1.54, 1.807) is 0 Å². The quantitative estimate of drug-likeness (QED) is 0.656. The maximum absolute atomic E-state index is 10.2. The summed E-state index contributed by atoms with van der Waals surface area (Å²) >= 11 is 0. The van der Waals surface area contributed by atoms with Gasteiger partial charge in [0.05, 0.1) is 31.0 Å². The standard InChI is InChI=1S/C27H34O4/c28-17-25-15-22(29)16-27(31-25)20-9-12-26(19-7-8-19)21(14-20)13-18-5-10-24(11-6-18)30-23-3-1-2-4-23/h5-6,9-12,14,19,22-23,25,27-29H,1-4,7-8,13,15-17H2/t22?,25-,27+/m0/s1. The number of hydrogen-bond donors (Lipinski definition) is 2. The molecule has 3 atom stereocenters. The fraction of sp³-hybridized carbons (Fsp3) is 0.556. The Morgan fingerprint density at radius 3 is 2.42 bits per heavy atom. The van der Waals surface area contributed by atoms with Crippen LogP contribution in [0.4, 0.5) is 0 Å². The van der Waals surface area contributed by atoms with Crippen LogP contribution in [0.15, 0.2) is 42.5 Å². The van der Waals surface area contributed by atoms with Crippen LogP contribution in [-0.4, -0.2) is 35.1 Å². The SMILES string of the molecule is OC[C@@H]1CC(O)C[C@H](c2ccc(C3CC3)c(Cc3ccc(OC4CCCC4)cc3)c2)O1. The highest BCUT2D eigenvalue weighted by Crippen LogP contribution is 2.43. The minimum atomic E-state index is -0.421. The van der Waals surface area contributed by atoms with Crippen molar-refractivity contribution in [3.63, 3.8) is 0 Å². The first-order chi connectivity index (χ1) is 15.2. The molecule has 1 aliphatic heterocycles. The summed E-state index contributed by atoms with van der Waals surface area (Å²) in [6.07, 6.45) is 8.97. The molecule has 2 aromatic rings. The predicted molar refractivity (Wildman–Crippen MR) is 120 cm³/mol. The first-order valence-corrected chi connectivity index (χ1v) is 12.0. The minimum Gasteiger partial charge on any atom is -0.490 e. The molecule has 0 aromatic heterocycles. The lowest BCUT2D eigenvalue weighted by Gasteiger charge is -2.33. The number of ether oxygens (including phenoxy) is 2. The number of aliphatic hydroxyl groups excluding tert-OH is 2. The zero-order chi connectivity index (χ0) is 21.2. The molecule has 0 radical (unpaired) electrons. The van der Waals surface area contributed by atoms with Gasteiger partial charge < -0.3 is 19.7 Å². The van der Waals surface area contributed by atoms with Crippen molar-refractivity contribution in [2.24, 2.45) is 0 Å². The van der Waals surface area contributed by atoms with Gasteiger partial charge in [0, 0.05) is 12.8 Å². The number of hydrogen-bond acceptors (Lipinski definition) is 4. The van der Waals surface area contributed by atoms with Gasteiger partial charge in [0.2, 0.25) is 0 Å². The molecule has 3 fully saturated rings. The number of aliphatic hydroxyl groups is 2. The van der Waals surface area contributed by atoms with Crippen molar-refractivity contribution in [3.05, 3.63) is 64.7 Å². The summed E-state index contributed by atoms with van der Waals surface area (Å²) in [5, 5.41) is 19.7. The second kappa shape index (κ2) is 9.32. The Kier molecular flexibility index (Phi) is 6.31. The molecule has 2 N–H and O–H groups in total. The number of benzene rings is 2. The maximum atomic E-state index is 10.2. The molecule has 4 nitrogen and oxygen atoms in total. The van der Waals surface area contributed by atoms with Gasteiger partial charge >= 0.3 is 0 Å². The van der Waals surface area contributed by atoms with Crippen molar-refractivity contribution < 1.29 is 19.7 Å². The summed E-state index contributed by atoms with van der Waals surface area (Å²) in [5.74, 6) is 1.66. The average molecular weight is 423 g/mol. The summed E-state index contributed by atoms with van der Waals surface area (Å²) in [6.45, 7) is -0.0458. The molecule has 0 amide bonds. The predicted octanol–water partition coefficient (Wildman–Crippen LogP) is 5.05. The minimum absolute atomic E-state index is 0.0458. The largest absolute Gasteiger partial charge is 0.490 e. The van der Waals surface area contributed by atoms with Crippen LogP contribution < -0.4 is 4.74 Å². The third-order valence-corrected chi connectivity index (χ3v) is 7.06. The van der Waals surface area contributed by atoms with E-state index in [4.69, 9.17) is 9.47 Å². The number of rotatable bonds is 7. The highest BCUT2D eigenvalue weighted by molar-refractivity contribution is 5.41. The van der Waals surface area contributed by atoms with E-state index < -0.39 is 6.10 Å². The highest BCUT2D eigenvalue weighted by Gasteiger charge is 2.31. The van der Waals surface area contributed by atoms with E-state index in [0.29, 0.717) is 24.9 Å². The molecule has 0 bridgehead atoms. The molecule has 1 heterocycles. The molecule has 3 aliphatic rings. The van der Waals surface area contributed by atoms with Crippen molar-refractivity contribution in [1.82, 2.24) is 0 Å². The second-order valence-corrected chi connectivity index (χ2v) is 9.63. The van der Waals surface area contributed by atoms with E-state index in [9.17, 15) is 10.2 Å². The first kappa shape index (κ1) is 21.0. The zero-order valence-corrected chi connectivity index (χ0v) is 18.2. The van der Waals surface area contributed by atoms with Crippen LogP contribution in [-0.2, 0) is 11.2 Å². The Balaban J connectivity index is 1.33. The lowest BCUT2D eigenvalue weighted by atomic mass is 9.90. The van der Waals surface area contributed by atoms with Crippen molar-refractivity contribution in [2.45, 2.75) is 88.1 Å². The van der Waals surface area contributed by atoms with Crippen LogP contribution >= 0.6 is 0 Å². The van der Waals surface area contributed by atoms with E-state index in [1.165, 1.54) is 55.2 Å². The van der Waals surface area contributed by atoms with Crippen LogP contribution in [0.1, 0.15) is 85.6 Å². The van der Waals surface area contributed by atoms with Gasteiger partial charge in [-0.15, -0.1) is 0 Å². The van der Waals surface area contributed by atoms with Gasteiger partial charge in [-0.2, -0.15) is 0 Å². The van der Waals surface area contributed by atoms with Gasteiger partial charge in [-0.05, 0) is 85.3 Å². The Morgan fingerprint density at radius 1 is 0.935 bits per heavy atom. The normalized spacial score (nSPS) is 26.8. The van der Waals surface area contributed by atoms with Crippen LogP contribution in [0.3, 0.4) is 0 Å². The fourth-order valence-electron chi connectivity index (χ4n) is 5.20. The second-order valence-electron chi connectivity index (χ2n) is 9.63. The summed E-state index contributed by atoms with van der Waals surface area (Å²) in [5.41, 5.74) is 5.20. The van der Waals surface area contributed by atoms with Crippen LogP contribution in [0.2, 0.25) is 0 Å². The fourth-order valence-corrected chi connectivity index (χ4v) is 5.20. The monoisotopic (exact) mass is 422 g/mol. The molecular weight excluding hydrogens is 388 g/mol. The van der Waals surface area contributed by atoms with E-state index in [2.05, 4.69) is 42.5 Å². The third-order valence-electron chi connectivity index (χ3n) is 7.06. The summed E-state index contributed by atoms with van der Waals surface area (Å²) in [7, 11) is 0. The Hall–Kier alpha value is -1.88. The van der Waals surface area contributed by atoms with E-state index in [0.717, 1.165) is 17.7 Å². The van der Waals surface area contributed by atoms with Crippen LogP contribution in [0.5, 0.6) is 5.75 Å². The van der Waals surface area contributed by atoms with E-state index in [-0.39, 0.29) is 18.8 Å². The van der Waals surface area contributed by atoms with Gasteiger partial charge in [0.15, 0.2) is 0 Å². The Bertz CT molecular complexity index is 867. The molecule has 5 rings (SSSR count). The molecular formula is C27H34O4. The average Bonchev–Trinajstić information content (AvgIpc) is 3.50. The Labute approximate surface area is 185 Å². The third kappa shape index (κ3) is 5.14. The molecule has 31 heavy (non-hydrogen) atoms. The lowest BCUT2D eigenvalue weighted by Crippen LogP contribution is -2.33. The van der Waals surface area contributed by atoms with Crippen molar-refractivity contribution in [1.29, 1.82) is 0 Å². The zero-order valence-electron chi connectivity index (χ0n) is 18.2. The lowest BCUT2D eigenvalue weighted by molar-refractivity contribution is -0.113. The van der Waals surface area contributed by atoms with Gasteiger partial charge in [0.25, 0.3) is 0 Å². The molecule has 1 unspecified atom stereocenters. The molecule has 1 saturated heterocycles. The van der Waals surface area contributed by atoms with E-state index in [1.807, 2.05) is 0 Å². The van der Waals surface area contributed by atoms with Crippen molar-refractivity contribution in [3.8, 4) is 5.75 Å². The topological polar surface area (TPSA) is 58.9 Å². The van der Waals surface area contributed by atoms with Crippen LogP contribution in [0.25, 0.3) is 0 Å². The van der Waals surface area contributed by atoms with Gasteiger partial charge in [-0.25, -0.2) is 0 Å². The molecule has 4 heteroatoms. The van der Waals surface area contributed by atoms with Gasteiger partial charge in [0.1, 0.15) is 5.75 Å². The van der Waals surface area contributed by atoms with Crippen molar-refractivity contribution in [2.75, 3.05) is 6.61 Å². The maximum Gasteiger partial charge on any atom is 0.119 e. The summed E-state index contributed by atoms with van der Waals surface area (Å²) in [4.78, 5) is 0. The molecule has 2 aliphatic carbocycles. The molecule has 166 valence electrons. The molecule has 2 aromatic carbocycles. The van der Waals surface area contributed by atoms with Crippen molar-refractivity contribution >= 4 is 0 Å². The van der Waals surface area contributed by atoms with Crippen LogP contribution in [0, 0.1) is 0 Å². The summed E-state index contributed by atoms with van der Waals surface area (Å²) < 4.78 is 12.2. The first-order valence-electron chi connectivity index (χ1n) is 12.0.